The third-order valence-electron chi connectivity index (χ3n) is 2.43. The number of nitrogens with two attached hydrogens (primary N) is 1. The summed E-state index contributed by atoms with van der Waals surface area (Å²) in [4.78, 5) is 16.0. The molecule has 1 aromatic carbocycles. The van der Waals surface area contributed by atoms with E-state index in [2.05, 4.69) is 10.3 Å². The zero-order valence-electron chi connectivity index (χ0n) is 10.1. The van der Waals surface area contributed by atoms with Gasteiger partial charge in [-0.2, -0.15) is 0 Å². The van der Waals surface area contributed by atoms with Gasteiger partial charge in [0.15, 0.2) is 11.1 Å². The number of hydrogen-bond acceptors (Lipinski definition) is 4. The zero-order valence-corrected chi connectivity index (χ0v) is 10.9. The normalized spacial score (nSPS) is 10.2. The Morgan fingerprint density at radius 1 is 1.42 bits per heavy atom. The molecule has 0 fully saturated rings. The lowest BCUT2D eigenvalue weighted by Gasteiger charge is -1.99. The summed E-state index contributed by atoms with van der Waals surface area (Å²) in [5.74, 6) is -1.12. The number of carbonyl (C=O) groups is 1. The molecule has 7 heteroatoms. The summed E-state index contributed by atoms with van der Waals surface area (Å²) in [6.45, 7) is 1.85. The van der Waals surface area contributed by atoms with Crippen LogP contribution in [0.15, 0.2) is 24.3 Å². The van der Waals surface area contributed by atoms with Crippen molar-refractivity contribution in [3.8, 4) is 10.4 Å². The SMILES string of the molecule is Cc1nc(NC(=N)N)sc1-c1ccc(C(=O)O)cc1. The van der Waals surface area contributed by atoms with Crippen molar-refractivity contribution in [1.29, 1.82) is 5.41 Å². The van der Waals surface area contributed by atoms with Gasteiger partial charge in [0.25, 0.3) is 0 Å². The molecular formula is C12H12N4O2S. The summed E-state index contributed by atoms with van der Waals surface area (Å²) in [5, 5.41) is 19.2. The highest BCUT2D eigenvalue weighted by atomic mass is 32.1. The molecule has 0 atom stereocenters. The van der Waals surface area contributed by atoms with Crippen LogP contribution in [-0.4, -0.2) is 22.0 Å². The molecule has 0 saturated heterocycles. The third-order valence-corrected chi connectivity index (χ3v) is 3.55. The largest absolute Gasteiger partial charge is 0.478 e. The van der Waals surface area contributed by atoms with Gasteiger partial charge in [0.05, 0.1) is 16.1 Å². The lowest BCUT2D eigenvalue weighted by Crippen LogP contribution is -2.20. The molecule has 1 heterocycles. The number of carboxylic acid groups (broad SMARTS) is 1. The number of thiazole rings is 1. The third kappa shape index (κ3) is 2.89. The molecule has 1 aromatic heterocycles. The van der Waals surface area contributed by atoms with E-state index in [-0.39, 0.29) is 11.5 Å². The Morgan fingerprint density at radius 3 is 2.58 bits per heavy atom. The van der Waals surface area contributed by atoms with Gasteiger partial charge in [0.2, 0.25) is 0 Å². The molecule has 6 nitrogen and oxygen atoms in total. The minimum absolute atomic E-state index is 0.165. The Hall–Kier alpha value is -2.41. The highest BCUT2D eigenvalue weighted by molar-refractivity contribution is 7.19. The van der Waals surface area contributed by atoms with Crippen molar-refractivity contribution in [3.63, 3.8) is 0 Å². The fourth-order valence-electron chi connectivity index (χ4n) is 1.60. The molecule has 0 radical (unpaired) electrons. The molecule has 0 saturated carbocycles. The van der Waals surface area contributed by atoms with Crippen molar-refractivity contribution in [2.45, 2.75) is 6.92 Å². The minimum atomic E-state index is -0.952. The van der Waals surface area contributed by atoms with Crippen LogP contribution >= 0.6 is 11.3 Å². The van der Waals surface area contributed by atoms with E-state index in [9.17, 15) is 4.79 Å². The summed E-state index contributed by atoms with van der Waals surface area (Å²) >= 11 is 1.36. The number of benzene rings is 1. The van der Waals surface area contributed by atoms with Crippen molar-refractivity contribution in [3.05, 3.63) is 35.5 Å². The van der Waals surface area contributed by atoms with Gasteiger partial charge in [-0.25, -0.2) is 9.78 Å². The molecule has 2 aromatic rings. The Labute approximate surface area is 113 Å². The van der Waals surface area contributed by atoms with Gasteiger partial charge in [0, 0.05) is 0 Å². The average Bonchev–Trinajstić information content (AvgIpc) is 2.69. The molecule has 0 aliphatic carbocycles. The second kappa shape index (κ2) is 5.07. The number of nitrogens with zero attached hydrogens (tertiary/aromatic N) is 1. The molecule has 0 unspecified atom stereocenters. The molecule has 5 N–H and O–H groups in total. The highest BCUT2D eigenvalue weighted by Crippen LogP contribution is 2.32. The van der Waals surface area contributed by atoms with Crippen LogP contribution in [0, 0.1) is 12.3 Å². The van der Waals surface area contributed by atoms with Gasteiger partial charge in [-0.05, 0) is 24.6 Å². The van der Waals surface area contributed by atoms with Crippen LogP contribution in [0.4, 0.5) is 5.13 Å². The number of guanidine groups is 1. The van der Waals surface area contributed by atoms with Crippen LogP contribution in [0.3, 0.4) is 0 Å². The first-order valence-corrected chi connectivity index (χ1v) is 6.21. The maximum absolute atomic E-state index is 10.8. The standard InChI is InChI=1S/C12H12N4O2S/c1-6-9(19-12(15-6)16-11(13)14)7-2-4-8(5-3-7)10(17)18/h2-5H,1H3,(H,17,18)(H4,13,14,15,16). The van der Waals surface area contributed by atoms with Crippen LogP contribution in [0.1, 0.15) is 16.1 Å². The van der Waals surface area contributed by atoms with E-state index in [1.165, 1.54) is 11.3 Å². The molecule has 98 valence electrons. The monoisotopic (exact) mass is 276 g/mol. The number of hydrogen-bond donors (Lipinski definition) is 4. The van der Waals surface area contributed by atoms with Crippen molar-refractivity contribution < 1.29 is 9.90 Å². The van der Waals surface area contributed by atoms with Gasteiger partial charge < -0.3 is 16.2 Å². The molecule has 0 bridgehead atoms. The van der Waals surface area contributed by atoms with Gasteiger partial charge in [-0.1, -0.05) is 23.5 Å². The molecule has 2 rings (SSSR count). The highest BCUT2D eigenvalue weighted by Gasteiger charge is 2.11. The second-order valence-corrected chi connectivity index (χ2v) is 4.85. The van der Waals surface area contributed by atoms with E-state index in [0.29, 0.717) is 5.13 Å². The van der Waals surface area contributed by atoms with Gasteiger partial charge >= 0.3 is 5.97 Å². The summed E-state index contributed by atoms with van der Waals surface area (Å²) in [6.07, 6.45) is 0. The van der Waals surface area contributed by atoms with Crippen LogP contribution in [0.5, 0.6) is 0 Å². The molecule has 0 aliphatic rings. The molecule has 0 aliphatic heterocycles. The van der Waals surface area contributed by atoms with Gasteiger partial charge in [0.1, 0.15) is 0 Å². The molecule has 19 heavy (non-hydrogen) atoms. The molecule has 0 spiro atoms. The lowest BCUT2D eigenvalue weighted by molar-refractivity contribution is 0.0697. The molecular weight excluding hydrogens is 264 g/mol. The quantitative estimate of drug-likeness (QED) is 0.506. The first-order valence-electron chi connectivity index (χ1n) is 5.39. The summed E-state index contributed by atoms with van der Waals surface area (Å²) in [5.41, 5.74) is 7.18. The Balaban J connectivity index is 2.33. The number of aromatic nitrogens is 1. The van der Waals surface area contributed by atoms with E-state index in [1.54, 1.807) is 24.3 Å². The predicted octanol–water partition coefficient (Wildman–Crippen LogP) is 2.12. The number of carboxylic acids is 1. The van der Waals surface area contributed by atoms with E-state index < -0.39 is 5.97 Å². The number of rotatable bonds is 3. The predicted molar refractivity (Wildman–Crippen MR) is 74.8 cm³/mol. The van der Waals surface area contributed by atoms with E-state index in [4.69, 9.17) is 16.2 Å². The smallest absolute Gasteiger partial charge is 0.335 e. The summed E-state index contributed by atoms with van der Waals surface area (Å²) in [7, 11) is 0. The first kappa shape index (κ1) is 13.0. The van der Waals surface area contributed by atoms with Crippen LogP contribution in [0.2, 0.25) is 0 Å². The van der Waals surface area contributed by atoms with Gasteiger partial charge in [-0.15, -0.1) is 0 Å². The molecule has 0 amide bonds. The van der Waals surface area contributed by atoms with Crippen LogP contribution < -0.4 is 11.1 Å². The van der Waals surface area contributed by atoms with Gasteiger partial charge in [-0.3, -0.25) is 5.41 Å². The number of anilines is 1. The van der Waals surface area contributed by atoms with Crippen molar-refractivity contribution in [2.75, 3.05) is 5.32 Å². The number of nitrogens with one attached hydrogen (secondary N) is 2. The number of aromatic carboxylic acids is 1. The minimum Gasteiger partial charge on any atom is -0.478 e. The Bertz CT molecular complexity index is 634. The van der Waals surface area contributed by atoms with Crippen molar-refractivity contribution >= 4 is 28.4 Å². The van der Waals surface area contributed by atoms with E-state index in [1.807, 2.05) is 6.92 Å². The zero-order chi connectivity index (χ0) is 14.0. The summed E-state index contributed by atoms with van der Waals surface area (Å²) in [6, 6.07) is 6.58. The van der Waals surface area contributed by atoms with Crippen LogP contribution in [-0.2, 0) is 0 Å². The van der Waals surface area contributed by atoms with E-state index >= 15 is 0 Å². The Kier molecular flexibility index (Phi) is 3.48. The topological polar surface area (TPSA) is 112 Å². The average molecular weight is 276 g/mol. The lowest BCUT2D eigenvalue weighted by atomic mass is 10.1. The first-order chi connectivity index (χ1) is 8.97. The summed E-state index contributed by atoms with van der Waals surface area (Å²) < 4.78 is 0. The van der Waals surface area contributed by atoms with Crippen molar-refractivity contribution in [1.82, 2.24) is 4.98 Å². The maximum Gasteiger partial charge on any atom is 0.335 e. The van der Waals surface area contributed by atoms with Crippen LogP contribution in [0.25, 0.3) is 10.4 Å². The second-order valence-electron chi connectivity index (χ2n) is 3.85. The Morgan fingerprint density at radius 2 is 2.05 bits per heavy atom. The van der Waals surface area contributed by atoms with Crippen molar-refractivity contribution in [2.24, 2.45) is 5.73 Å². The van der Waals surface area contributed by atoms with E-state index in [0.717, 1.165) is 16.1 Å². The maximum atomic E-state index is 10.8. The fraction of sp³-hybridized carbons (Fsp3) is 0.0833. The fourth-order valence-corrected chi connectivity index (χ4v) is 2.58. The number of aryl methyl sites for hydroxylation is 1.